The maximum Gasteiger partial charge on any atom is 0.810 e. The molecule has 0 amide bonds. The summed E-state index contributed by atoms with van der Waals surface area (Å²) in [5, 5.41) is 7.12. The summed E-state index contributed by atoms with van der Waals surface area (Å²) in [5.41, 5.74) is 9.73. The van der Waals surface area contributed by atoms with Crippen molar-refractivity contribution in [2.75, 3.05) is 101 Å². The van der Waals surface area contributed by atoms with Gasteiger partial charge in [0.1, 0.15) is 45.2 Å². The van der Waals surface area contributed by atoms with Gasteiger partial charge in [0.25, 0.3) is 0 Å². The Hall–Kier alpha value is -11.1. The molecule has 0 radical (unpaired) electrons. The number of aliphatic imine (C=N–C) groups is 8. The van der Waals surface area contributed by atoms with E-state index in [0.717, 1.165) is 87.6 Å². The van der Waals surface area contributed by atoms with Crippen molar-refractivity contribution in [2.24, 2.45) is 59.9 Å². The first-order valence-corrected chi connectivity index (χ1v) is 38.3. The molecule has 0 atom stereocenters. The molecule has 8 aliphatic heterocycles. The van der Waals surface area contributed by atoms with E-state index in [9.17, 15) is 0 Å². The highest BCUT2D eigenvalue weighted by atomic mass is 28.4. The Morgan fingerprint density at radius 3 is 0.858 bits per heavy atom. The van der Waals surface area contributed by atoms with E-state index in [1.807, 2.05) is 154 Å². The molecule has 25 nitrogen and oxygen atoms in total. The number of benzene rings is 8. The molecule has 12 bridgehead atoms. The lowest BCUT2D eigenvalue weighted by Gasteiger charge is -2.33. The minimum Gasteiger partial charge on any atom is -0.463 e. The topological polar surface area (TPSA) is 251 Å². The minimum atomic E-state index is -4.25. The van der Waals surface area contributed by atoms with E-state index >= 15 is 0 Å². The van der Waals surface area contributed by atoms with E-state index in [0.29, 0.717) is 145 Å². The van der Waals surface area contributed by atoms with Gasteiger partial charge in [-0.2, -0.15) is 0 Å². The number of methoxy groups -OCH3 is 3. The fourth-order valence-electron chi connectivity index (χ4n) is 14.7. The van der Waals surface area contributed by atoms with Gasteiger partial charge in [-0.05, 0) is 0 Å². The van der Waals surface area contributed by atoms with Crippen LogP contribution in [0.15, 0.2) is 254 Å². The summed E-state index contributed by atoms with van der Waals surface area (Å²) >= 11 is -2.89. The molecule has 12 heterocycles. The van der Waals surface area contributed by atoms with Crippen molar-refractivity contribution in [1.82, 2.24) is 15.6 Å². The molecule has 522 valence electrons. The standard InChI is InChI=1S/C42H38N8O6Si.C32H16N8.C5H11O3.Al/c1-51-19-21-53-23-25-55-57(56-26-24-54-22-20-52-2)49-39-31-15-7-8-16-32(31)41(49)47-37-29-13-5-6-14-30(29)38(44-37)48-42-34-18-10-9-17-33(34)40(50(42)57)46-36-28-12-4-3-11-27(28)35(43-36)45-39;1-2-10-18-17(9-1)25-33-26(18)38-28-21-13-5-6-14-22(21)30(35-28)40-32-24-16-8-7-15-23(24)31(36-32)39-29-20-12-4-3-11-19(20)27(34-29)37-25;1-7-4-5-8-3-2-6;/h3-18H,19-26H2,1-2H3;1-16H;2-5H2,1H3;/q;-2;-1;+3. The number of rotatable bonds is 21. The van der Waals surface area contributed by atoms with Gasteiger partial charge in [-0.25, -0.2) is 59.9 Å². The van der Waals surface area contributed by atoms with Gasteiger partial charge in [-0.15, -0.1) is 0 Å². The molecule has 0 saturated carbocycles. The Morgan fingerprint density at radius 2 is 0.519 bits per heavy atom. The number of fused-ring (bicyclic) bond motifs is 28. The van der Waals surface area contributed by atoms with Crippen LogP contribution in [-0.2, 0) is 41.1 Å². The average Bonchev–Trinajstić information content (AvgIpc) is 1.51. The molecule has 4 aromatic heterocycles. The van der Waals surface area contributed by atoms with Crippen LogP contribution < -0.4 is 22.0 Å². The van der Waals surface area contributed by atoms with Crippen molar-refractivity contribution in [1.29, 1.82) is 0 Å². The smallest absolute Gasteiger partial charge is 0.463 e. The van der Waals surface area contributed by atoms with Crippen LogP contribution in [0.3, 0.4) is 0 Å². The van der Waals surface area contributed by atoms with Crippen molar-refractivity contribution in [3.63, 3.8) is 0 Å². The van der Waals surface area contributed by atoms with Crippen molar-refractivity contribution >= 4 is 137 Å². The number of ether oxygens (including phenoxy) is 6. The van der Waals surface area contributed by atoms with Crippen LogP contribution in [0.5, 0.6) is 0 Å². The summed E-state index contributed by atoms with van der Waals surface area (Å²) in [6.45, 7) is 4.22. The number of amidine groups is 8. The lowest BCUT2D eigenvalue weighted by Crippen LogP contribution is -2.64. The highest BCUT2D eigenvalue weighted by Gasteiger charge is 2.53. The minimum absolute atomic E-state index is 0.150. The molecule has 0 saturated heterocycles. The van der Waals surface area contributed by atoms with Crippen molar-refractivity contribution in [2.45, 2.75) is 0 Å². The molecule has 0 unspecified atom stereocenters. The number of hydrogen-bond donors (Lipinski definition) is 0. The predicted octanol–water partition coefficient (Wildman–Crippen LogP) is 9.33. The maximum absolute atomic E-state index is 7.37. The van der Waals surface area contributed by atoms with Crippen molar-refractivity contribution in [3.05, 3.63) is 261 Å². The summed E-state index contributed by atoms with van der Waals surface area (Å²) in [6.07, 6.45) is 0. The normalized spacial score (nSPS) is 15.4. The predicted molar refractivity (Wildman–Crippen MR) is 408 cm³/mol. The Morgan fingerprint density at radius 1 is 0.255 bits per heavy atom. The van der Waals surface area contributed by atoms with E-state index in [1.165, 1.54) is 0 Å². The Kier molecular flexibility index (Phi) is 17.2. The second-order valence-electron chi connectivity index (χ2n) is 25.6. The third kappa shape index (κ3) is 11.0. The fraction of sp³-hybridized carbons (Fsp3) is 0.190. The lowest BCUT2D eigenvalue weighted by atomic mass is 10.1. The molecule has 12 aromatic rings. The molecular weight excluding hydrogens is 1370 g/mol. The Bertz CT molecular complexity index is 5860. The zero-order chi connectivity index (χ0) is 70.8. The first-order valence-electron chi connectivity index (χ1n) is 35.1. The van der Waals surface area contributed by atoms with Gasteiger partial charge < -0.3 is 48.2 Å². The average molecular weight is 1440 g/mol. The fourth-order valence-corrected chi connectivity index (χ4v) is 20.4. The molecule has 106 heavy (non-hydrogen) atoms. The number of hydrogen-bond acceptors (Lipinski definition) is 21. The summed E-state index contributed by atoms with van der Waals surface area (Å²) in [6, 6.07) is 65.0. The van der Waals surface area contributed by atoms with Crippen LogP contribution in [0.25, 0.3) is 43.1 Å². The molecule has 0 aliphatic carbocycles. The third-order valence-corrected chi connectivity index (χ3v) is 24.9. The summed E-state index contributed by atoms with van der Waals surface area (Å²) in [4.78, 5) is 63.5. The van der Waals surface area contributed by atoms with Gasteiger partial charge in [-0.3, -0.25) is 8.47 Å². The van der Waals surface area contributed by atoms with Crippen molar-refractivity contribution in [3.8, 4) is 0 Å². The van der Waals surface area contributed by atoms with Crippen LogP contribution in [0, 0.1) is 0 Å². The zero-order valence-electron chi connectivity index (χ0n) is 57.9. The first kappa shape index (κ1) is 65.6. The molecule has 0 N–H and O–H groups in total. The van der Waals surface area contributed by atoms with Gasteiger partial charge >= 0.3 is 23.8 Å². The molecule has 0 spiro atoms. The number of aromatic nitrogens is 4. The highest BCUT2D eigenvalue weighted by Crippen LogP contribution is 2.45. The van der Waals surface area contributed by atoms with Crippen LogP contribution in [0.1, 0.15) is 44.5 Å². The molecular formula is C79H65AlN16O9Si. The van der Waals surface area contributed by atoms with E-state index in [1.54, 1.807) is 21.3 Å². The molecule has 0 fully saturated rings. The van der Waals surface area contributed by atoms with E-state index in [2.05, 4.69) is 55.6 Å². The summed E-state index contributed by atoms with van der Waals surface area (Å²) in [7, 11) is 0.713. The van der Waals surface area contributed by atoms with E-state index in [4.69, 9.17) is 101 Å². The summed E-state index contributed by atoms with van der Waals surface area (Å²) in [5.74, 6) is 7.06. The van der Waals surface area contributed by atoms with Crippen LogP contribution in [0.4, 0.5) is 23.3 Å². The van der Waals surface area contributed by atoms with Gasteiger partial charge in [0, 0.05) is 116 Å². The first-order chi connectivity index (χ1) is 52.5. The van der Waals surface area contributed by atoms with E-state index < -0.39 is 23.8 Å². The third-order valence-electron chi connectivity index (χ3n) is 19.4. The van der Waals surface area contributed by atoms with Crippen LogP contribution in [-0.4, -0.2) is 187 Å². The summed E-state index contributed by atoms with van der Waals surface area (Å²) < 4.78 is 63.9. The second kappa shape index (κ2) is 27.7. The quantitative estimate of drug-likeness (QED) is 0.0490. The monoisotopic (exact) mass is 1440 g/mol. The Labute approximate surface area is 611 Å². The van der Waals surface area contributed by atoms with Gasteiger partial charge in [0.15, 0.2) is 46.7 Å². The van der Waals surface area contributed by atoms with Gasteiger partial charge in [0.2, 0.25) is 0 Å². The number of nitrogens with zero attached hydrogens (tertiary/aromatic N) is 16. The molecule has 8 aliphatic rings. The van der Waals surface area contributed by atoms with Gasteiger partial charge in [-0.1, -0.05) is 194 Å². The highest BCUT2D eigenvalue weighted by molar-refractivity contribution is 6.66. The molecule has 20 rings (SSSR count). The van der Waals surface area contributed by atoms with Crippen LogP contribution in [0.2, 0.25) is 0 Å². The SMILES string of the molecule is COCCOCCO[Si]1(OCCOCCOC)n2c3c4ccccc4c2N=C2N=C(N=c4c5ccccc5c(n41)=NC1=NC(=N3)c3ccccc31)c1ccccc12.COCCOCC[O][Al]1[n]2c3c4ccccc4c2N=C2N=C(N=c4c5ccccc5c([n]41)=NC1=NC(=N3)c3ccccc31)c1ccccc12. The van der Waals surface area contributed by atoms with Gasteiger partial charge in [0.05, 0.1) is 72.7 Å². The largest absolute Gasteiger partial charge is 0.810 e. The maximum atomic E-state index is 7.37. The van der Waals surface area contributed by atoms with E-state index in [-0.39, 0.29) is 26.4 Å². The lowest BCUT2D eigenvalue weighted by molar-refractivity contribution is 0.0268. The van der Waals surface area contributed by atoms with Crippen molar-refractivity contribution < 1.29 is 41.1 Å². The zero-order valence-corrected chi connectivity index (χ0v) is 60.0. The second-order valence-corrected chi connectivity index (χ2v) is 30.1. The molecule has 27 heteroatoms. The van der Waals surface area contributed by atoms with Crippen LogP contribution >= 0.6 is 0 Å². The Balaban J connectivity index is 0.000000147. The molecule has 8 aromatic carbocycles.